The van der Waals surface area contributed by atoms with E-state index in [0.29, 0.717) is 26.8 Å². The van der Waals surface area contributed by atoms with E-state index in [1.165, 1.54) is 11.3 Å². The predicted molar refractivity (Wildman–Crippen MR) is 116 cm³/mol. The maximum atomic E-state index is 13.9. The van der Waals surface area contributed by atoms with Crippen molar-refractivity contribution < 1.29 is 22.0 Å². The molecule has 2 heterocycles. The molecule has 31 heavy (non-hydrogen) atoms. The lowest BCUT2D eigenvalue weighted by Gasteiger charge is -2.30. The first kappa shape index (κ1) is 22.3. The molecule has 0 unspecified atom stereocenters. The fourth-order valence-corrected chi connectivity index (χ4v) is 6.21. The second kappa shape index (κ2) is 8.59. The summed E-state index contributed by atoms with van der Waals surface area (Å²) in [5, 5.41) is 3.77. The molecule has 6 nitrogen and oxygen atoms in total. The van der Waals surface area contributed by atoms with Gasteiger partial charge in [-0.3, -0.25) is 4.79 Å². The van der Waals surface area contributed by atoms with Gasteiger partial charge in [0, 0.05) is 19.0 Å². The van der Waals surface area contributed by atoms with E-state index < -0.39 is 32.5 Å². The van der Waals surface area contributed by atoms with Gasteiger partial charge in [0.15, 0.2) is 5.13 Å². The third-order valence-corrected chi connectivity index (χ3v) is 8.66. The van der Waals surface area contributed by atoms with Gasteiger partial charge in [0.1, 0.15) is 22.0 Å². The number of piperidine rings is 1. The van der Waals surface area contributed by atoms with Crippen molar-refractivity contribution in [2.45, 2.75) is 17.7 Å². The van der Waals surface area contributed by atoms with Crippen LogP contribution in [0.3, 0.4) is 0 Å². The molecule has 4 rings (SSSR count). The number of carbonyl (C=O) groups excluding carboxylic acids is 1. The van der Waals surface area contributed by atoms with E-state index in [0.717, 1.165) is 21.1 Å². The molecule has 0 aliphatic carbocycles. The molecule has 1 aromatic heterocycles. The highest BCUT2D eigenvalue weighted by atomic mass is 35.5. The normalized spacial score (nSPS) is 16.0. The Hall–Kier alpha value is -1.85. The van der Waals surface area contributed by atoms with Gasteiger partial charge in [0.05, 0.1) is 14.7 Å². The number of carbonyl (C=O) groups is 1. The molecule has 0 spiro atoms. The highest BCUT2D eigenvalue weighted by molar-refractivity contribution is 7.89. The number of benzene rings is 2. The Bertz CT molecular complexity index is 1280. The molecule has 0 atom stereocenters. The van der Waals surface area contributed by atoms with Gasteiger partial charge >= 0.3 is 0 Å². The third-order valence-electron chi connectivity index (χ3n) is 5.02. The Morgan fingerprint density at radius 1 is 1.16 bits per heavy atom. The number of thiazole rings is 1. The number of aromatic nitrogens is 1. The van der Waals surface area contributed by atoms with Crippen molar-refractivity contribution in [1.82, 2.24) is 9.29 Å². The Kier molecular flexibility index (Phi) is 6.19. The van der Waals surface area contributed by atoms with E-state index in [9.17, 15) is 22.0 Å². The van der Waals surface area contributed by atoms with Crippen molar-refractivity contribution in [1.29, 1.82) is 0 Å². The number of rotatable bonds is 4. The molecule has 1 aliphatic rings. The summed E-state index contributed by atoms with van der Waals surface area (Å²) in [5.74, 6) is -2.60. The zero-order chi connectivity index (χ0) is 22.3. The topological polar surface area (TPSA) is 79.4 Å². The van der Waals surface area contributed by atoms with Crippen molar-refractivity contribution in [2.75, 3.05) is 18.4 Å². The van der Waals surface area contributed by atoms with E-state index in [1.54, 1.807) is 12.1 Å². The zero-order valence-corrected chi connectivity index (χ0v) is 18.9. The monoisotopic (exact) mass is 505 g/mol. The molecule has 2 aromatic carbocycles. The lowest BCUT2D eigenvalue weighted by molar-refractivity contribution is -0.120. The fraction of sp³-hybridized carbons (Fsp3) is 0.263. The molecular weight excluding hydrogens is 491 g/mol. The van der Waals surface area contributed by atoms with E-state index in [1.807, 2.05) is 0 Å². The molecule has 1 N–H and O–H groups in total. The van der Waals surface area contributed by atoms with Crippen LogP contribution in [0.5, 0.6) is 0 Å². The van der Waals surface area contributed by atoms with Crippen LogP contribution in [0.4, 0.5) is 13.9 Å². The summed E-state index contributed by atoms with van der Waals surface area (Å²) in [5.41, 5.74) is 0.493. The van der Waals surface area contributed by atoms with Gasteiger partial charge in [-0.05, 0) is 43.2 Å². The number of hydrogen-bond acceptors (Lipinski definition) is 5. The van der Waals surface area contributed by atoms with Gasteiger partial charge < -0.3 is 5.32 Å². The SMILES string of the molecule is O=C(Nc1nc2c(Cl)c(Cl)ccc2s1)C1CCN(S(=O)(=O)c2cc(F)ccc2F)CC1. The summed E-state index contributed by atoms with van der Waals surface area (Å²) in [6.07, 6.45) is 0.471. The van der Waals surface area contributed by atoms with E-state index >= 15 is 0 Å². The molecule has 3 aromatic rings. The molecule has 0 saturated carbocycles. The van der Waals surface area contributed by atoms with Gasteiger partial charge in [0.2, 0.25) is 15.9 Å². The number of amides is 1. The molecule has 164 valence electrons. The van der Waals surface area contributed by atoms with Crippen molar-refractivity contribution in [3.05, 3.63) is 52.0 Å². The number of nitrogens with zero attached hydrogens (tertiary/aromatic N) is 2. The van der Waals surface area contributed by atoms with Gasteiger partial charge in [-0.15, -0.1) is 0 Å². The minimum atomic E-state index is -4.20. The maximum Gasteiger partial charge on any atom is 0.246 e. The molecule has 1 aliphatic heterocycles. The van der Waals surface area contributed by atoms with E-state index in [-0.39, 0.29) is 31.8 Å². The highest BCUT2D eigenvalue weighted by Gasteiger charge is 2.34. The largest absolute Gasteiger partial charge is 0.302 e. The molecule has 0 radical (unpaired) electrons. The second-order valence-corrected chi connectivity index (χ2v) is 10.7. The van der Waals surface area contributed by atoms with Crippen LogP contribution in [0.25, 0.3) is 10.2 Å². The first-order valence-corrected chi connectivity index (χ1v) is 12.2. The first-order valence-electron chi connectivity index (χ1n) is 9.17. The van der Waals surface area contributed by atoms with Crippen LogP contribution in [0.2, 0.25) is 10.0 Å². The quantitative estimate of drug-likeness (QED) is 0.545. The molecule has 0 bridgehead atoms. The van der Waals surface area contributed by atoms with Gasteiger partial charge in [0.25, 0.3) is 0 Å². The standard InChI is InChI=1S/C19H15Cl2F2N3O3S2/c20-12-2-4-14-17(16(12)21)24-19(30-14)25-18(27)10-5-7-26(8-6-10)31(28,29)15-9-11(22)1-3-13(15)23/h1-4,9-10H,5-8H2,(H,24,25,27). The summed E-state index contributed by atoms with van der Waals surface area (Å²) in [4.78, 5) is 16.2. The lowest BCUT2D eigenvalue weighted by atomic mass is 9.97. The van der Waals surface area contributed by atoms with Crippen LogP contribution in [-0.2, 0) is 14.8 Å². The van der Waals surface area contributed by atoms with Crippen molar-refractivity contribution in [3.63, 3.8) is 0 Å². The Labute approximate surface area is 190 Å². The summed E-state index contributed by atoms with van der Waals surface area (Å²) < 4.78 is 54.5. The second-order valence-electron chi connectivity index (χ2n) is 6.97. The van der Waals surface area contributed by atoms with E-state index in [2.05, 4.69) is 10.3 Å². The average Bonchev–Trinajstić information content (AvgIpc) is 3.16. The van der Waals surface area contributed by atoms with Crippen LogP contribution in [0, 0.1) is 17.6 Å². The highest BCUT2D eigenvalue weighted by Crippen LogP contribution is 2.35. The summed E-state index contributed by atoms with van der Waals surface area (Å²) in [7, 11) is -4.20. The zero-order valence-electron chi connectivity index (χ0n) is 15.7. The number of halogens is 4. The fourth-order valence-electron chi connectivity index (χ4n) is 3.37. The maximum absolute atomic E-state index is 13.9. The van der Waals surface area contributed by atoms with Crippen LogP contribution >= 0.6 is 34.5 Å². The number of nitrogens with one attached hydrogen (secondary N) is 1. The van der Waals surface area contributed by atoms with Crippen LogP contribution in [0.15, 0.2) is 35.2 Å². The lowest BCUT2D eigenvalue weighted by Crippen LogP contribution is -2.41. The summed E-state index contributed by atoms with van der Waals surface area (Å²) >= 11 is 13.4. The number of hydrogen-bond donors (Lipinski definition) is 1. The third kappa shape index (κ3) is 4.40. The van der Waals surface area contributed by atoms with Crippen molar-refractivity contribution in [3.8, 4) is 0 Å². The average molecular weight is 506 g/mol. The van der Waals surface area contributed by atoms with Crippen LogP contribution < -0.4 is 5.32 Å². The van der Waals surface area contributed by atoms with Crippen molar-refractivity contribution in [2.24, 2.45) is 5.92 Å². The van der Waals surface area contributed by atoms with Gasteiger partial charge in [-0.1, -0.05) is 34.5 Å². The number of fused-ring (bicyclic) bond motifs is 1. The summed E-state index contributed by atoms with van der Waals surface area (Å²) in [6, 6.07) is 5.70. The molecule has 12 heteroatoms. The van der Waals surface area contributed by atoms with Crippen LogP contribution in [0.1, 0.15) is 12.8 Å². The molecule has 1 amide bonds. The Balaban J connectivity index is 1.43. The molecule has 1 fully saturated rings. The minimum absolute atomic E-state index is 0.0116. The molecular formula is C19H15Cl2F2N3O3S2. The Morgan fingerprint density at radius 3 is 2.58 bits per heavy atom. The summed E-state index contributed by atoms with van der Waals surface area (Å²) in [6.45, 7) is 0.0231. The van der Waals surface area contributed by atoms with Crippen molar-refractivity contribution >= 4 is 65.8 Å². The number of sulfonamides is 1. The smallest absolute Gasteiger partial charge is 0.246 e. The first-order chi connectivity index (χ1) is 14.7. The Morgan fingerprint density at radius 2 is 1.87 bits per heavy atom. The van der Waals surface area contributed by atoms with E-state index in [4.69, 9.17) is 23.2 Å². The number of anilines is 1. The predicted octanol–water partition coefficient (Wildman–Crippen LogP) is 4.92. The molecule has 1 saturated heterocycles. The van der Waals surface area contributed by atoms with Gasteiger partial charge in [-0.2, -0.15) is 4.31 Å². The van der Waals surface area contributed by atoms with Gasteiger partial charge in [-0.25, -0.2) is 22.2 Å². The minimum Gasteiger partial charge on any atom is -0.302 e. The van der Waals surface area contributed by atoms with Crippen LogP contribution in [-0.4, -0.2) is 36.7 Å².